The monoisotopic (exact) mass is 528 g/mol. The number of allylic oxidation sites excluding steroid dienone is 1. The van der Waals surface area contributed by atoms with Crippen molar-refractivity contribution in [3.05, 3.63) is 83.1 Å². The Labute approximate surface area is 219 Å². The molecule has 0 aromatic heterocycles. The molecule has 2 amide bonds. The van der Waals surface area contributed by atoms with E-state index >= 15 is 0 Å². The lowest BCUT2D eigenvalue weighted by Crippen LogP contribution is -2.53. The van der Waals surface area contributed by atoms with Crippen LogP contribution in [0, 0.1) is 11.3 Å². The number of hydrogen-bond acceptors (Lipinski definition) is 4. The van der Waals surface area contributed by atoms with Crippen molar-refractivity contribution < 1.29 is 32.3 Å². The number of esters is 1. The number of halogens is 3. The highest BCUT2D eigenvalue weighted by atomic mass is 19.4. The molecule has 202 valence electrons. The molecule has 2 aromatic rings. The summed E-state index contributed by atoms with van der Waals surface area (Å²) in [5.74, 6) is -1.93. The number of amides is 2. The molecule has 4 rings (SSSR count). The van der Waals surface area contributed by atoms with Crippen LogP contribution < -0.4 is 5.32 Å². The maximum absolute atomic E-state index is 13.7. The number of alkyl halides is 3. The fourth-order valence-electron chi connectivity index (χ4n) is 5.48. The second-order valence-electron chi connectivity index (χ2n) is 9.90. The molecule has 1 N–H and O–H groups in total. The summed E-state index contributed by atoms with van der Waals surface area (Å²) in [6, 6.07) is 14.2. The SMILES string of the molecule is COC(=O)[C@]12CCCCC=C1N(Cc1ccccc1)C(=O)[C@H](CC(=O)NCc1cccc(C(F)(F)F)c1)C2. The average molecular weight is 529 g/mol. The first-order chi connectivity index (χ1) is 18.1. The van der Waals surface area contributed by atoms with E-state index in [0.29, 0.717) is 17.7 Å². The van der Waals surface area contributed by atoms with Gasteiger partial charge >= 0.3 is 12.1 Å². The molecule has 2 atom stereocenters. The van der Waals surface area contributed by atoms with E-state index in [9.17, 15) is 27.6 Å². The molecule has 1 aliphatic carbocycles. The lowest BCUT2D eigenvalue weighted by molar-refractivity contribution is -0.160. The quantitative estimate of drug-likeness (QED) is 0.490. The van der Waals surface area contributed by atoms with E-state index in [-0.39, 0.29) is 31.8 Å². The third-order valence-corrected chi connectivity index (χ3v) is 7.32. The lowest BCUT2D eigenvalue weighted by Gasteiger charge is -2.46. The first-order valence-electron chi connectivity index (χ1n) is 12.7. The van der Waals surface area contributed by atoms with Gasteiger partial charge in [-0.25, -0.2) is 0 Å². The molecule has 1 saturated heterocycles. The van der Waals surface area contributed by atoms with E-state index in [1.165, 1.54) is 19.2 Å². The van der Waals surface area contributed by atoms with Gasteiger partial charge in [0, 0.05) is 24.6 Å². The zero-order valence-corrected chi connectivity index (χ0v) is 21.2. The predicted molar refractivity (Wildman–Crippen MR) is 134 cm³/mol. The Hall–Kier alpha value is -3.62. The number of methoxy groups -OCH3 is 1. The van der Waals surface area contributed by atoms with Gasteiger partial charge in [0.05, 0.1) is 19.2 Å². The summed E-state index contributed by atoms with van der Waals surface area (Å²) >= 11 is 0. The number of benzene rings is 2. The molecular weight excluding hydrogens is 497 g/mol. The number of carbonyl (C=O) groups is 3. The van der Waals surface area contributed by atoms with Crippen molar-refractivity contribution in [2.24, 2.45) is 11.3 Å². The zero-order valence-electron chi connectivity index (χ0n) is 21.2. The molecule has 1 fully saturated rings. The van der Waals surface area contributed by atoms with Crippen LogP contribution in [-0.4, -0.2) is 29.8 Å². The minimum Gasteiger partial charge on any atom is -0.468 e. The van der Waals surface area contributed by atoms with Crippen LogP contribution in [0.5, 0.6) is 0 Å². The lowest BCUT2D eigenvalue weighted by atomic mass is 9.69. The van der Waals surface area contributed by atoms with Gasteiger partial charge in [0.25, 0.3) is 0 Å². The molecule has 0 radical (unpaired) electrons. The third kappa shape index (κ3) is 5.92. The minimum absolute atomic E-state index is 0.106. The van der Waals surface area contributed by atoms with E-state index in [1.54, 1.807) is 4.90 Å². The van der Waals surface area contributed by atoms with E-state index < -0.39 is 34.9 Å². The van der Waals surface area contributed by atoms with Crippen LogP contribution in [0.3, 0.4) is 0 Å². The summed E-state index contributed by atoms with van der Waals surface area (Å²) < 4.78 is 44.3. The number of fused-ring (bicyclic) bond motifs is 1. The topological polar surface area (TPSA) is 75.7 Å². The standard InChI is InChI=1S/C29H31F3N2O4/c1-38-27(37)28-14-7-3-6-13-24(28)34(19-20-9-4-2-5-10-20)26(36)22(17-28)16-25(35)33-18-21-11-8-12-23(15-21)29(30,31)32/h2,4-5,8-13,15,22H,3,6-7,14,16-19H2,1H3,(H,33,35)/t22-,28+/m1/s1. The van der Waals surface area contributed by atoms with Crippen LogP contribution in [0.15, 0.2) is 66.4 Å². The van der Waals surface area contributed by atoms with Gasteiger partial charge in [0.15, 0.2) is 0 Å². The van der Waals surface area contributed by atoms with Crippen molar-refractivity contribution >= 4 is 17.8 Å². The number of piperidine rings is 1. The molecule has 0 unspecified atom stereocenters. The molecule has 0 spiro atoms. The van der Waals surface area contributed by atoms with Crippen LogP contribution in [0.4, 0.5) is 13.2 Å². The van der Waals surface area contributed by atoms with Gasteiger partial charge < -0.3 is 15.0 Å². The second kappa shape index (κ2) is 11.4. The smallest absolute Gasteiger partial charge is 0.416 e. The zero-order chi connectivity index (χ0) is 27.3. The Kier molecular flexibility index (Phi) is 8.23. The highest BCUT2D eigenvalue weighted by Crippen LogP contribution is 2.49. The highest BCUT2D eigenvalue weighted by molar-refractivity contribution is 5.92. The number of nitrogens with zero attached hydrogens (tertiary/aromatic N) is 1. The van der Waals surface area contributed by atoms with E-state index in [2.05, 4.69) is 5.32 Å². The molecule has 0 bridgehead atoms. The van der Waals surface area contributed by atoms with E-state index in [4.69, 9.17) is 4.74 Å². The Balaban J connectivity index is 1.56. The van der Waals surface area contributed by atoms with Crippen molar-refractivity contribution in [2.45, 2.75) is 57.8 Å². The number of rotatable bonds is 7. The number of likely N-dealkylation sites (tertiary alicyclic amines) is 1. The van der Waals surface area contributed by atoms with Crippen LogP contribution in [-0.2, 0) is 38.4 Å². The van der Waals surface area contributed by atoms with Gasteiger partial charge in [-0.2, -0.15) is 13.2 Å². The third-order valence-electron chi connectivity index (χ3n) is 7.32. The predicted octanol–water partition coefficient (Wildman–Crippen LogP) is 5.38. The molecule has 6 nitrogen and oxygen atoms in total. The second-order valence-corrected chi connectivity index (χ2v) is 9.90. The summed E-state index contributed by atoms with van der Waals surface area (Å²) in [4.78, 5) is 41.5. The van der Waals surface area contributed by atoms with Gasteiger partial charge in [0.1, 0.15) is 5.41 Å². The normalized spacial score (nSPS) is 21.7. The van der Waals surface area contributed by atoms with E-state index in [1.807, 2.05) is 36.4 Å². The summed E-state index contributed by atoms with van der Waals surface area (Å²) in [7, 11) is 1.33. The van der Waals surface area contributed by atoms with Gasteiger partial charge in [-0.05, 0) is 48.9 Å². The highest BCUT2D eigenvalue weighted by Gasteiger charge is 2.53. The van der Waals surface area contributed by atoms with Gasteiger partial charge in [-0.1, -0.05) is 55.0 Å². The minimum atomic E-state index is -4.48. The van der Waals surface area contributed by atoms with Crippen LogP contribution >= 0.6 is 0 Å². The summed E-state index contributed by atoms with van der Waals surface area (Å²) in [6.45, 7) is 0.150. The summed E-state index contributed by atoms with van der Waals surface area (Å²) in [5, 5.41) is 2.64. The fraction of sp³-hybridized carbons (Fsp3) is 0.414. The van der Waals surface area contributed by atoms with Crippen LogP contribution in [0.25, 0.3) is 0 Å². The molecular formula is C29H31F3N2O4. The van der Waals surface area contributed by atoms with Crippen molar-refractivity contribution in [3.63, 3.8) is 0 Å². The molecule has 2 aromatic carbocycles. The largest absolute Gasteiger partial charge is 0.468 e. The maximum Gasteiger partial charge on any atom is 0.416 e. The van der Waals surface area contributed by atoms with Gasteiger partial charge in [0.2, 0.25) is 11.8 Å². The van der Waals surface area contributed by atoms with Crippen LogP contribution in [0.1, 0.15) is 55.2 Å². The molecule has 1 aliphatic heterocycles. The van der Waals surface area contributed by atoms with E-state index in [0.717, 1.165) is 37.0 Å². The Morgan fingerprint density at radius 2 is 1.82 bits per heavy atom. The Morgan fingerprint density at radius 1 is 1.08 bits per heavy atom. The molecule has 38 heavy (non-hydrogen) atoms. The molecule has 2 aliphatic rings. The molecule has 0 saturated carbocycles. The molecule has 9 heteroatoms. The Bertz CT molecular complexity index is 1210. The van der Waals surface area contributed by atoms with Crippen LogP contribution in [0.2, 0.25) is 0 Å². The van der Waals surface area contributed by atoms with Crippen molar-refractivity contribution in [2.75, 3.05) is 7.11 Å². The van der Waals surface area contributed by atoms with Crippen molar-refractivity contribution in [1.29, 1.82) is 0 Å². The fourth-order valence-corrected chi connectivity index (χ4v) is 5.48. The average Bonchev–Trinajstić information content (AvgIpc) is 3.13. The molecule has 1 heterocycles. The number of ether oxygens (including phenoxy) is 1. The first kappa shape index (κ1) is 27.4. The van der Waals surface area contributed by atoms with Crippen molar-refractivity contribution in [3.8, 4) is 0 Å². The van der Waals surface area contributed by atoms with Gasteiger partial charge in [-0.3, -0.25) is 14.4 Å². The maximum atomic E-state index is 13.7. The number of hydrogen-bond donors (Lipinski definition) is 1. The first-order valence-corrected chi connectivity index (χ1v) is 12.7. The van der Waals surface area contributed by atoms with Gasteiger partial charge in [-0.15, -0.1) is 0 Å². The summed E-state index contributed by atoms with van der Waals surface area (Å²) in [5.41, 5.74) is -0.0134. The van der Waals surface area contributed by atoms with Crippen molar-refractivity contribution in [1.82, 2.24) is 10.2 Å². The summed E-state index contributed by atoms with van der Waals surface area (Å²) in [6.07, 6.45) is 0.315. The Morgan fingerprint density at radius 3 is 2.53 bits per heavy atom. The number of nitrogens with one attached hydrogen (secondary N) is 1. The number of carbonyl (C=O) groups excluding carboxylic acids is 3.